The number of rotatable bonds is 8. The Morgan fingerprint density at radius 3 is 2.78 bits per heavy atom. The molecular weight excluding hydrogens is 226 g/mol. The number of pyridine rings is 1. The second-order valence-corrected chi connectivity index (χ2v) is 4.89. The van der Waals surface area contributed by atoms with E-state index in [-0.39, 0.29) is 6.61 Å². The van der Waals surface area contributed by atoms with Crippen molar-refractivity contribution in [1.29, 1.82) is 0 Å². The SMILES string of the molecule is CCCN(CCO)c1ccc(CNC2CC2)cn1. The van der Waals surface area contributed by atoms with Crippen LogP contribution in [0, 0.1) is 0 Å². The first-order chi connectivity index (χ1) is 8.83. The molecule has 4 heteroatoms. The van der Waals surface area contributed by atoms with Crippen molar-refractivity contribution < 1.29 is 5.11 Å². The molecule has 1 aliphatic carbocycles. The van der Waals surface area contributed by atoms with Crippen LogP contribution in [0.1, 0.15) is 31.7 Å². The third-order valence-corrected chi connectivity index (χ3v) is 3.17. The van der Waals surface area contributed by atoms with E-state index in [1.807, 2.05) is 6.20 Å². The fourth-order valence-corrected chi connectivity index (χ4v) is 1.99. The summed E-state index contributed by atoms with van der Waals surface area (Å²) in [5.41, 5.74) is 1.23. The molecule has 2 N–H and O–H groups in total. The highest BCUT2D eigenvalue weighted by molar-refractivity contribution is 5.39. The Morgan fingerprint density at radius 1 is 1.39 bits per heavy atom. The number of anilines is 1. The number of aromatic nitrogens is 1. The molecule has 0 aliphatic heterocycles. The van der Waals surface area contributed by atoms with Gasteiger partial charge in [0.25, 0.3) is 0 Å². The minimum atomic E-state index is 0.173. The third-order valence-electron chi connectivity index (χ3n) is 3.17. The Labute approximate surface area is 109 Å². The van der Waals surface area contributed by atoms with E-state index in [0.717, 1.165) is 31.4 Å². The van der Waals surface area contributed by atoms with Crippen molar-refractivity contribution in [2.24, 2.45) is 0 Å². The first-order valence-electron chi connectivity index (χ1n) is 6.87. The molecule has 1 aliphatic rings. The summed E-state index contributed by atoms with van der Waals surface area (Å²) in [6.07, 6.45) is 5.62. The van der Waals surface area contributed by atoms with E-state index in [0.29, 0.717) is 6.54 Å². The average Bonchev–Trinajstić information content (AvgIpc) is 3.21. The van der Waals surface area contributed by atoms with Gasteiger partial charge in [0.05, 0.1) is 6.61 Å². The molecule has 1 aromatic heterocycles. The number of aliphatic hydroxyl groups excluding tert-OH is 1. The molecule has 0 bridgehead atoms. The summed E-state index contributed by atoms with van der Waals surface area (Å²) in [5, 5.41) is 12.5. The molecule has 0 radical (unpaired) electrons. The van der Waals surface area contributed by atoms with Gasteiger partial charge < -0.3 is 15.3 Å². The van der Waals surface area contributed by atoms with Crippen LogP contribution in [0.3, 0.4) is 0 Å². The number of nitrogens with one attached hydrogen (secondary N) is 1. The lowest BCUT2D eigenvalue weighted by Gasteiger charge is -2.22. The zero-order valence-electron chi connectivity index (χ0n) is 11.1. The maximum absolute atomic E-state index is 9.05. The Bertz CT molecular complexity index is 343. The van der Waals surface area contributed by atoms with Gasteiger partial charge in [0.2, 0.25) is 0 Å². The lowest BCUT2D eigenvalue weighted by molar-refractivity contribution is 0.301. The summed E-state index contributed by atoms with van der Waals surface area (Å²) < 4.78 is 0. The van der Waals surface area contributed by atoms with Crippen LogP contribution in [0.2, 0.25) is 0 Å². The lowest BCUT2D eigenvalue weighted by atomic mass is 10.2. The van der Waals surface area contributed by atoms with E-state index >= 15 is 0 Å². The minimum absolute atomic E-state index is 0.173. The van der Waals surface area contributed by atoms with Crippen molar-refractivity contribution in [2.75, 3.05) is 24.6 Å². The zero-order valence-corrected chi connectivity index (χ0v) is 11.1. The summed E-state index contributed by atoms with van der Waals surface area (Å²) >= 11 is 0. The Balaban J connectivity index is 1.90. The van der Waals surface area contributed by atoms with Crippen molar-refractivity contribution in [3.05, 3.63) is 23.9 Å². The van der Waals surface area contributed by atoms with E-state index < -0.39 is 0 Å². The Morgan fingerprint density at radius 2 is 2.22 bits per heavy atom. The smallest absolute Gasteiger partial charge is 0.128 e. The third kappa shape index (κ3) is 3.96. The highest BCUT2D eigenvalue weighted by Crippen LogP contribution is 2.19. The molecule has 18 heavy (non-hydrogen) atoms. The molecule has 0 saturated heterocycles. The summed E-state index contributed by atoms with van der Waals surface area (Å²) in [6, 6.07) is 4.91. The van der Waals surface area contributed by atoms with E-state index in [1.54, 1.807) is 0 Å². The van der Waals surface area contributed by atoms with Crippen molar-refractivity contribution in [3.8, 4) is 0 Å². The van der Waals surface area contributed by atoms with Crippen LogP contribution < -0.4 is 10.2 Å². The summed E-state index contributed by atoms with van der Waals surface area (Å²) in [4.78, 5) is 6.61. The Kier molecular flexibility index (Phi) is 4.96. The van der Waals surface area contributed by atoms with Gasteiger partial charge in [-0.3, -0.25) is 0 Å². The number of aliphatic hydroxyl groups is 1. The molecule has 0 amide bonds. The summed E-state index contributed by atoms with van der Waals surface area (Å²) in [5.74, 6) is 0.959. The second kappa shape index (κ2) is 6.71. The Hall–Kier alpha value is -1.13. The first-order valence-corrected chi connectivity index (χ1v) is 6.87. The standard InChI is InChI=1S/C14H23N3O/c1-2-7-17(8-9-18)14-6-3-12(11-16-14)10-15-13-4-5-13/h3,6,11,13,15,18H,2,4-5,7-10H2,1H3. The zero-order chi connectivity index (χ0) is 12.8. The lowest BCUT2D eigenvalue weighted by Crippen LogP contribution is -2.28. The average molecular weight is 249 g/mol. The molecule has 0 aromatic carbocycles. The van der Waals surface area contributed by atoms with Crippen molar-refractivity contribution in [2.45, 2.75) is 38.8 Å². The van der Waals surface area contributed by atoms with Gasteiger partial charge in [-0.05, 0) is 30.9 Å². The molecule has 0 atom stereocenters. The molecule has 2 rings (SSSR count). The molecule has 1 saturated carbocycles. The van der Waals surface area contributed by atoms with Gasteiger partial charge in [-0.15, -0.1) is 0 Å². The predicted molar refractivity (Wildman–Crippen MR) is 73.7 cm³/mol. The fraction of sp³-hybridized carbons (Fsp3) is 0.643. The van der Waals surface area contributed by atoms with Crippen LogP contribution in [0.15, 0.2) is 18.3 Å². The molecule has 1 aromatic rings. The first kappa shape index (κ1) is 13.3. The molecule has 1 heterocycles. The molecule has 0 spiro atoms. The largest absolute Gasteiger partial charge is 0.395 e. The summed E-state index contributed by atoms with van der Waals surface area (Å²) in [6.45, 7) is 4.81. The van der Waals surface area contributed by atoms with Crippen LogP contribution in [-0.4, -0.2) is 35.8 Å². The van der Waals surface area contributed by atoms with Gasteiger partial charge >= 0.3 is 0 Å². The van der Waals surface area contributed by atoms with Crippen molar-refractivity contribution in [3.63, 3.8) is 0 Å². The molecular formula is C14H23N3O. The van der Waals surface area contributed by atoms with Crippen LogP contribution in [0.4, 0.5) is 5.82 Å². The second-order valence-electron chi connectivity index (χ2n) is 4.89. The molecule has 1 fully saturated rings. The maximum atomic E-state index is 9.05. The fourth-order valence-electron chi connectivity index (χ4n) is 1.99. The highest BCUT2D eigenvalue weighted by Gasteiger charge is 2.19. The van der Waals surface area contributed by atoms with Gasteiger partial charge in [0.15, 0.2) is 0 Å². The van der Waals surface area contributed by atoms with E-state index in [1.165, 1.54) is 18.4 Å². The van der Waals surface area contributed by atoms with Crippen molar-refractivity contribution >= 4 is 5.82 Å². The predicted octanol–water partition coefficient (Wildman–Crippen LogP) is 1.54. The topological polar surface area (TPSA) is 48.4 Å². The van der Waals surface area contributed by atoms with Gasteiger partial charge in [-0.25, -0.2) is 4.98 Å². The van der Waals surface area contributed by atoms with Gasteiger partial charge in [0.1, 0.15) is 5.82 Å². The molecule has 100 valence electrons. The highest BCUT2D eigenvalue weighted by atomic mass is 16.3. The van der Waals surface area contributed by atoms with E-state index in [2.05, 4.69) is 34.3 Å². The normalized spacial score (nSPS) is 14.8. The monoisotopic (exact) mass is 249 g/mol. The maximum Gasteiger partial charge on any atom is 0.128 e. The molecule has 0 unspecified atom stereocenters. The van der Waals surface area contributed by atoms with Gasteiger partial charge in [-0.1, -0.05) is 13.0 Å². The van der Waals surface area contributed by atoms with Crippen LogP contribution in [0.25, 0.3) is 0 Å². The van der Waals surface area contributed by atoms with Gasteiger partial charge in [-0.2, -0.15) is 0 Å². The van der Waals surface area contributed by atoms with E-state index in [9.17, 15) is 0 Å². The number of nitrogens with zero attached hydrogens (tertiary/aromatic N) is 2. The quantitative estimate of drug-likeness (QED) is 0.734. The number of hydrogen-bond donors (Lipinski definition) is 2. The minimum Gasteiger partial charge on any atom is -0.395 e. The molecule has 4 nitrogen and oxygen atoms in total. The van der Waals surface area contributed by atoms with Crippen LogP contribution in [0.5, 0.6) is 0 Å². The van der Waals surface area contributed by atoms with Crippen molar-refractivity contribution in [1.82, 2.24) is 10.3 Å². The van der Waals surface area contributed by atoms with Gasteiger partial charge in [0, 0.05) is 31.9 Å². The van der Waals surface area contributed by atoms with E-state index in [4.69, 9.17) is 5.11 Å². The van der Waals surface area contributed by atoms with Crippen LogP contribution >= 0.6 is 0 Å². The summed E-state index contributed by atoms with van der Waals surface area (Å²) in [7, 11) is 0. The van der Waals surface area contributed by atoms with Crippen LogP contribution in [-0.2, 0) is 6.54 Å². The number of hydrogen-bond acceptors (Lipinski definition) is 4.